The summed E-state index contributed by atoms with van der Waals surface area (Å²) in [5.74, 6) is -1.57. The van der Waals surface area contributed by atoms with Crippen molar-refractivity contribution in [3.63, 3.8) is 0 Å². The Morgan fingerprint density at radius 2 is 2.07 bits per heavy atom. The number of carboxylic acid groups (broad SMARTS) is 1. The second-order valence-corrected chi connectivity index (χ2v) is 3.94. The van der Waals surface area contributed by atoms with Crippen LogP contribution in [0.3, 0.4) is 0 Å². The second kappa shape index (κ2) is 7.90. The van der Waals surface area contributed by atoms with Gasteiger partial charge in [-0.15, -0.1) is 0 Å². The van der Waals surface area contributed by atoms with Crippen LogP contribution in [0.25, 0.3) is 0 Å². The van der Waals surface area contributed by atoms with Gasteiger partial charge in [-0.2, -0.15) is 8.42 Å². The normalized spacial score (nSPS) is 12.0. The summed E-state index contributed by atoms with van der Waals surface area (Å²) in [5.41, 5.74) is -0.436. The Labute approximate surface area is 100 Å². The molecule has 0 aromatic heterocycles. The van der Waals surface area contributed by atoms with Crippen molar-refractivity contribution >= 4 is 16.1 Å². The second-order valence-electron chi connectivity index (χ2n) is 2.48. The Morgan fingerprint density at radius 1 is 1.53 bits per heavy atom. The smallest absolute Gasteiger partial charge is 0.545 e. The molecule has 6 nitrogen and oxygen atoms in total. The van der Waals surface area contributed by atoms with Gasteiger partial charge in [-0.05, 0) is 18.9 Å². The van der Waals surface area contributed by atoms with E-state index in [4.69, 9.17) is 5.11 Å². The molecule has 0 atom stereocenters. The first-order valence-electron chi connectivity index (χ1n) is 3.79. The first-order chi connectivity index (χ1) is 6.39. The summed E-state index contributed by atoms with van der Waals surface area (Å²) in [6.07, 6.45) is 0.164. The molecule has 0 fully saturated rings. The van der Waals surface area contributed by atoms with Gasteiger partial charge in [-0.3, -0.25) is 4.18 Å². The largest absolute Gasteiger partial charge is 1.00 e. The molecule has 0 amide bonds. The maximum absolute atomic E-state index is 10.9. The van der Waals surface area contributed by atoms with Crippen LogP contribution in [0.2, 0.25) is 0 Å². The van der Waals surface area contributed by atoms with Gasteiger partial charge in [0, 0.05) is 6.61 Å². The molecule has 8 heteroatoms. The minimum atomic E-state index is -3.99. The summed E-state index contributed by atoms with van der Waals surface area (Å²) in [6.45, 7) is 0.705. The third-order valence-corrected chi connectivity index (χ3v) is 2.33. The maximum Gasteiger partial charge on any atom is 1.00 e. The topological polar surface area (TPSA) is 104 Å². The predicted octanol–water partition coefficient (Wildman–Crippen LogP) is -4.63. The molecule has 0 aromatic carbocycles. The Bertz CT molecular complexity index is 320. The maximum atomic E-state index is 10.9. The third kappa shape index (κ3) is 8.66. The summed E-state index contributed by atoms with van der Waals surface area (Å²) < 4.78 is 26.2. The quantitative estimate of drug-likeness (QED) is 0.213. The van der Waals surface area contributed by atoms with E-state index >= 15 is 0 Å². The van der Waals surface area contributed by atoms with Crippen LogP contribution >= 0.6 is 0 Å². The van der Waals surface area contributed by atoms with Crippen LogP contribution in [-0.2, 0) is 19.1 Å². The minimum absolute atomic E-state index is 0. The van der Waals surface area contributed by atoms with Crippen LogP contribution in [0.4, 0.5) is 0 Å². The van der Waals surface area contributed by atoms with E-state index in [1.165, 1.54) is 0 Å². The summed E-state index contributed by atoms with van der Waals surface area (Å²) in [6, 6.07) is 0. The van der Waals surface area contributed by atoms with Crippen LogP contribution in [0.1, 0.15) is 13.3 Å². The Morgan fingerprint density at radius 3 is 2.47 bits per heavy atom. The van der Waals surface area contributed by atoms with Gasteiger partial charge in [0.2, 0.25) is 0 Å². The number of aliphatic carboxylic acids is 1. The molecule has 0 unspecified atom stereocenters. The van der Waals surface area contributed by atoms with Crippen LogP contribution in [0, 0.1) is 0 Å². The van der Waals surface area contributed by atoms with E-state index in [1.54, 1.807) is 0 Å². The summed E-state index contributed by atoms with van der Waals surface area (Å²) in [4.78, 5) is 10.2. The van der Waals surface area contributed by atoms with Crippen molar-refractivity contribution in [1.29, 1.82) is 0 Å². The number of carboxylic acids is 1. The molecular weight excluding hydrogens is 219 g/mol. The molecule has 0 aliphatic carbocycles. The summed E-state index contributed by atoms with van der Waals surface area (Å²) >= 11 is 0. The van der Waals surface area contributed by atoms with Crippen molar-refractivity contribution in [2.75, 3.05) is 13.2 Å². The third-order valence-electron chi connectivity index (χ3n) is 1.19. The molecule has 0 rings (SSSR count). The monoisotopic (exact) mass is 230 g/mol. The van der Waals surface area contributed by atoms with E-state index in [9.17, 15) is 18.3 Å². The van der Waals surface area contributed by atoms with Gasteiger partial charge in [0.15, 0.2) is 0 Å². The van der Waals surface area contributed by atoms with Gasteiger partial charge in [0.05, 0.1) is 18.0 Å². The molecule has 0 aliphatic heterocycles. The number of aliphatic hydroxyl groups is 1. The van der Waals surface area contributed by atoms with E-state index in [0.717, 1.165) is 6.92 Å². The van der Waals surface area contributed by atoms with E-state index in [-0.39, 0.29) is 38.5 Å². The Hall–Kier alpha value is -0.323. The molecule has 0 saturated carbocycles. The fourth-order valence-electron chi connectivity index (χ4n) is 0.538. The van der Waals surface area contributed by atoms with Gasteiger partial charge in [0.25, 0.3) is 10.1 Å². The molecule has 0 heterocycles. The standard InChI is InChI=1S/C7H12O6S.Li/c1-6(7(9)10)5-14(11,12)13-4-2-3-8;/h5,8H,2-4H2,1H3,(H,9,10);/q;+1/p-1. The SMILES string of the molecule is CC(=CS(=O)(=O)OCCCO)C(=O)[O-].[Li+]. The van der Waals surface area contributed by atoms with Crippen molar-refractivity contribution in [2.45, 2.75) is 13.3 Å². The van der Waals surface area contributed by atoms with Gasteiger partial charge in [0.1, 0.15) is 0 Å². The molecule has 0 aromatic rings. The molecule has 15 heavy (non-hydrogen) atoms. The summed E-state index contributed by atoms with van der Waals surface area (Å²) in [5, 5.41) is 19.0. The van der Waals surface area contributed by atoms with Crippen LogP contribution in [0.15, 0.2) is 11.0 Å². The van der Waals surface area contributed by atoms with Gasteiger partial charge < -0.3 is 15.0 Å². The number of carbonyl (C=O) groups excluding carboxylic acids is 1. The molecular formula is C7H11LiO6S. The first-order valence-corrected chi connectivity index (χ1v) is 5.26. The van der Waals surface area contributed by atoms with E-state index in [1.807, 2.05) is 0 Å². The van der Waals surface area contributed by atoms with Gasteiger partial charge >= 0.3 is 18.9 Å². The average Bonchev–Trinajstić information content (AvgIpc) is 2.03. The van der Waals surface area contributed by atoms with Crippen molar-refractivity contribution in [3.8, 4) is 0 Å². The van der Waals surface area contributed by atoms with E-state index < -0.39 is 21.7 Å². The van der Waals surface area contributed by atoms with E-state index in [2.05, 4.69) is 4.18 Å². The van der Waals surface area contributed by atoms with Crippen LogP contribution < -0.4 is 24.0 Å². The molecule has 0 bridgehead atoms. The fourth-order valence-corrected chi connectivity index (χ4v) is 1.49. The van der Waals surface area contributed by atoms with Gasteiger partial charge in [-0.25, -0.2) is 0 Å². The number of aliphatic hydroxyl groups excluding tert-OH is 1. The molecule has 0 saturated heterocycles. The molecule has 1 N–H and O–H groups in total. The summed E-state index contributed by atoms with van der Waals surface area (Å²) in [7, 11) is -3.99. The zero-order valence-corrected chi connectivity index (χ0v) is 9.41. The van der Waals surface area contributed by atoms with Crippen LogP contribution in [-0.4, -0.2) is 32.7 Å². The van der Waals surface area contributed by atoms with Crippen LogP contribution in [0.5, 0.6) is 0 Å². The number of carbonyl (C=O) groups is 1. The average molecular weight is 230 g/mol. The van der Waals surface area contributed by atoms with Crippen molar-refractivity contribution < 1.29 is 46.5 Å². The number of rotatable bonds is 6. The number of hydrogen-bond acceptors (Lipinski definition) is 6. The Balaban J connectivity index is 0. The fraction of sp³-hybridized carbons (Fsp3) is 0.571. The van der Waals surface area contributed by atoms with Crippen molar-refractivity contribution in [1.82, 2.24) is 0 Å². The minimum Gasteiger partial charge on any atom is -0.545 e. The van der Waals surface area contributed by atoms with Gasteiger partial charge in [-0.1, -0.05) is 0 Å². The predicted molar refractivity (Wildman–Crippen MR) is 45.3 cm³/mol. The molecule has 0 spiro atoms. The Kier molecular flexibility index (Phi) is 9.00. The van der Waals surface area contributed by atoms with Crippen molar-refractivity contribution in [3.05, 3.63) is 11.0 Å². The zero-order chi connectivity index (χ0) is 11.2. The zero-order valence-electron chi connectivity index (χ0n) is 8.60. The first kappa shape index (κ1) is 17.1. The molecule has 82 valence electrons. The molecule has 0 aliphatic rings. The van der Waals surface area contributed by atoms with Crippen molar-refractivity contribution in [2.24, 2.45) is 0 Å². The number of hydrogen-bond donors (Lipinski definition) is 1. The molecule has 0 radical (unpaired) electrons. The van der Waals surface area contributed by atoms with E-state index in [0.29, 0.717) is 5.41 Å².